The predicted octanol–water partition coefficient (Wildman–Crippen LogP) is 5.63. The van der Waals surface area contributed by atoms with Crippen molar-refractivity contribution < 1.29 is 27.9 Å². The van der Waals surface area contributed by atoms with E-state index in [1.165, 1.54) is 18.3 Å². The molecule has 0 aliphatic heterocycles. The molecule has 0 radical (unpaired) electrons. The third-order valence-electron chi connectivity index (χ3n) is 4.78. The molecule has 0 spiro atoms. The molecule has 31 heavy (non-hydrogen) atoms. The first kappa shape index (κ1) is 20.6. The molecule has 0 unspecified atom stereocenters. The third-order valence-corrected chi connectivity index (χ3v) is 5.07. The van der Waals surface area contributed by atoms with Crippen LogP contribution in [-0.2, 0) is 6.18 Å². The first-order valence-corrected chi connectivity index (χ1v) is 9.25. The minimum Gasteiger partial charge on any atom is -0.478 e. The maximum Gasteiger partial charge on any atom is 0.418 e. The first-order valence-electron chi connectivity index (χ1n) is 8.87. The zero-order chi connectivity index (χ0) is 22.3. The van der Waals surface area contributed by atoms with E-state index in [9.17, 15) is 22.8 Å². The number of fused-ring (bicyclic) bond motifs is 1. The lowest BCUT2D eigenvalue weighted by Gasteiger charge is -2.12. The zero-order valence-electron chi connectivity index (χ0n) is 15.5. The molecule has 2 heterocycles. The largest absolute Gasteiger partial charge is 0.478 e. The van der Waals surface area contributed by atoms with Crippen molar-refractivity contribution in [2.24, 2.45) is 0 Å². The molecule has 0 aliphatic carbocycles. The van der Waals surface area contributed by atoms with Crippen LogP contribution in [0.3, 0.4) is 0 Å². The molecule has 1 N–H and O–H groups in total. The minimum absolute atomic E-state index is 0.0245. The molecule has 0 saturated carbocycles. The van der Waals surface area contributed by atoms with Gasteiger partial charge in [-0.25, -0.2) is 4.79 Å². The van der Waals surface area contributed by atoms with Gasteiger partial charge < -0.3 is 9.67 Å². The van der Waals surface area contributed by atoms with Gasteiger partial charge in [0.15, 0.2) is 5.78 Å². The number of aromatic carboxylic acids is 1. The van der Waals surface area contributed by atoms with Crippen molar-refractivity contribution in [2.75, 3.05) is 0 Å². The predicted molar refractivity (Wildman–Crippen MR) is 108 cm³/mol. The summed E-state index contributed by atoms with van der Waals surface area (Å²) in [6.07, 6.45) is -1.83. The van der Waals surface area contributed by atoms with E-state index in [-0.39, 0.29) is 11.1 Å². The van der Waals surface area contributed by atoms with Crippen LogP contribution in [0.1, 0.15) is 31.8 Å². The Labute approximate surface area is 178 Å². The molecule has 0 aliphatic rings. The number of carboxylic acid groups (broad SMARTS) is 1. The molecule has 0 fully saturated rings. The van der Waals surface area contributed by atoms with Crippen molar-refractivity contribution in [3.05, 3.63) is 94.4 Å². The summed E-state index contributed by atoms with van der Waals surface area (Å²) in [7, 11) is 0. The Hall–Kier alpha value is -3.65. The molecule has 0 atom stereocenters. The molecule has 0 saturated heterocycles. The van der Waals surface area contributed by atoms with E-state index < -0.39 is 34.1 Å². The van der Waals surface area contributed by atoms with Gasteiger partial charge in [0.2, 0.25) is 0 Å². The van der Waals surface area contributed by atoms with Crippen LogP contribution in [0, 0.1) is 0 Å². The maximum absolute atomic E-state index is 13.5. The van der Waals surface area contributed by atoms with Gasteiger partial charge in [0.05, 0.1) is 27.2 Å². The average molecular weight is 445 g/mol. The van der Waals surface area contributed by atoms with Crippen LogP contribution in [-0.4, -0.2) is 26.4 Å². The molecule has 2 aromatic carbocycles. The van der Waals surface area contributed by atoms with Gasteiger partial charge in [0, 0.05) is 35.2 Å². The fourth-order valence-corrected chi connectivity index (χ4v) is 3.60. The summed E-state index contributed by atoms with van der Waals surface area (Å²) in [5, 5.41) is 9.10. The van der Waals surface area contributed by atoms with Gasteiger partial charge in [0.1, 0.15) is 0 Å². The highest BCUT2D eigenvalue weighted by atomic mass is 35.5. The number of hydrogen-bond donors (Lipinski definition) is 1. The Balaban J connectivity index is 1.91. The van der Waals surface area contributed by atoms with Crippen molar-refractivity contribution in [3.8, 4) is 5.69 Å². The second kappa shape index (κ2) is 7.55. The van der Waals surface area contributed by atoms with Gasteiger partial charge in [-0.3, -0.25) is 9.78 Å². The Morgan fingerprint density at radius 1 is 1.00 bits per heavy atom. The first-order chi connectivity index (χ1) is 14.7. The lowest BCUT2D eigenvalue weighted by Crippen LogP contribution is -2.15. The van der Waals surface area contributed by atoms with Gasteiger partial charge in [-0.2, -0.15) is 13.2 Å². The molecule has 4 rings (SSSR count). The van der Waals surface area contributed by atoms with Crippen molar-refractivity contribution in [3.63, 3.8) is 0 Å². The number of para-hydroxylation sites is 1. The van der Waals surface area contributed by atoms with Gasteiger partial charge >= 0.3 is 12.1 Å². The zero-order valence-corrected chi connectivity index (χ0v) is 16.3. The Morgan fingerprint density at radius 3 is 2.32 bits per heavy atom. The summed E-state index contributed by atoms with van der Waals surface area (Å²) in [6.45, 7) is 0. The monoisotopic (exact) mass is 444 g/mol. The van der Waals surface area contributed by atoms with E-state index in [0.717, 1.165) is 6.20 Å². The summed E-state index contributed by atoms with van der Waals surface area (Å²) in [4.78, 5) is 27.8. The smallest absolute Gasteiger partial charge is 0.418 e. The average Bonchev–Trinajstić information content (AvgIpc) is 3.12. The number of ketones is 1. The topological polar surface area (TPSA) is 72.2 Å². The molecule has 9 heteroatoms. The summed E-state index contributed by atoms with van der Waals surface area (Å²) < 4.78 is 42.1. The highest BCUT2D eigenvalue weighted by Gasteiger charge is 2.37. The number of carbonyl (C=O) groups is 2. The number of aromatic nitrogens is 2. The highest BCUT2D eigenvalue weighted by Crippen LogP contribution is 2.37. The number of rotatable bonds is 4. The molecule has 156 valence electrons. The molecule has 5 nitrogen and oxygen atoms in total. The van der Waals surface area contributed by atoms with Crippen molar-refractivity contribution in [1.29, 1.82) is 0 Å². The van der Waals surface area contributed by atoms with E-state index in [1.54, 1.807) is 41.0 Å². The Kier molecular flexibility index (Phi) is 5.02. The van der Waals surface area contributed by atoms with Crippen LogP contribution in [0.4, 0.5) is 13.2 Å². The molecule has 4 aromatic rings. The lowest BCUT2D eigenvalue weighted by molar-refractivity contribution is -0.138. The number of pyridine rings is 1. The van der Waals surface area contributed by atoms with Crippen molar-refractivity contribution in [2.45, 2.75) is 6.18 Å². The minimum atomic E-state index is -4.81. The van der Waals surface area contributed by atoms with Crippen LogP contribution in [0.5, 0.6) is 0 Å². The summed E-state index contributed by atoms with van der Waals surface area (Å²) in [5.41, 5.74) is -0.683. The number of halogens is 4. The van der Waals surface area contributed by atoms with Gasteiger partial charge in [0.25, 0.3) is 0 Å². The maximum atomic E-state index is 13.5. The fraction of sp³-hybridized carbons (Fsp3) is 0.0455. The fourth-order valence-electron chi connectivity index (χ4n) is 3.35. The molecule has 2 aromatic heterocycles. The molecular weight excluding hydrogens is 433 g/mol. The standard InChI is InChI=1S/C22H12ClF3N2O3/c23-17-10-27-9-16(22(24,25)26)19(17)20(29)15-11-28(18-4-2-1-3-14(15)18)13-7-5-12(6-8-13)21(30)31/h1-11H,(H,30,31). The highest BCUT2D eigenvalue weighted by molar-refractivity contribution is 6.35. The molecule has 0 amide bonds. The van der Waals surface area contributed by atoms with E-state index in [4.69, 9.17) is 16.7 Å². The van der Waals surface area contributed by atoms with Crippen molar-refractivity contribution in [1.82, 2.24) is 9.55 Å². The summed E-state index contributed by atoms with van der Waals surface area (Å²) in [6, 6.07) is 12.6. The second-order valence-corrected chi connectivity index (χ2v) is 7.06. The van der Waals surface area contributed by atoms with Gasteiger partial charge in [-0.1, -0.05) is 29.8 Å². The Bertz CT molecular complexity index is 1330. The van der Waals surface area contributed by atoms with E-state index in [2.05, 4.69) is 4.98 Å². The number of nitrogens with zero attached hydrogens (tertiary/aromatic N) is 2. The van der Waals surface area contributed by atoms with E-state index in [0.29, 0.717) is 22.8 Å². The van der Waals surface area contributed by atoms with Crippen LogP contribution in [0.2, 0.25) is 5.02 Å². The second-order valence-electron chi connectivity index (χ2n) is 6.65. The van der Waals surface area contributed by atoms with Crippen molar-refractivity contribution >= 4 is 34.3 Å². The van der Waals surface area contributed by atoms with Crippen LogP contribution in [0.15, 0.2) is 67.1 Å². The van der Waals surface area contributed by atoms with E-state index >= 15 is 0 Å². The van der Waals surface area contributed by atoms with E-state index in [1.807, 2.05) is 0 Å². The SMILES string of the molecule is O=C(O)c1ccc(-n2cc(C(=O)c3c(Cl)cncc3C(F)(F)F)c3ccccc32)cc1. The number of alkyl halides is 3. The quantitative estimate of drug-likeness (QED) is 0.414. The van der Waals surface area contributed by atoms with Crippen LogP contribution in [0.25, 0.3) is 16.6 Å². The normalized spacial score (nSPS) is 11.6. The van der Waals surface area contributed by atoms with Crippen LogP contribution < -0.4 is 0 Å². The number of hydrogen-bond acceptors (Lipinski definition) is 3. The molecule has 0 bridgehead atoms. The van der Waals surface area contributed by atoms with Gasteiger partial charge in [-0.05, 0) is 30.3 Å². The number of benzene rings is 2. The number of carboxylic acids is 1. The summed E-state index contributed by atoms with van der Waals surface area (Å²) >= 11 is 5.96. The summed E-state index contributed by atoms with van der Waals surface area (Å²) in [5.74, 6) is -1.98. The van der Waals surface area contributed by atoms with Crippen LogP contribution >= 0.6 is 11.6 Å². The third kappa shape index (κ3) is 3.66. The Morgan fingerprint density at radius 2 is 1.68 bits per heavy atom. The lowest BCUT2D eigenvalue weighted by atomic mass is 9.99. The van der Waals surface area contributed by atoms with Gasteiger partial charge in [-0.15, -0.1) is 0 Å². The molecular formula is C22H12ClF3N2O3. The number of carbonyl (C=O) groups excluding carboxylic acids is 1.